The fraction of sp³-hybridized carbons (Fsp3) is 0.158. The number of benzene rings is 2. The second-order valence-corrected chi connectivity index (χ2v) is 7.17. The second kappa shape index (κ2) is 6.42. The number of thiophene rings is 1. The molecule has 1 aliphatic rings. The Morgan fingerprint density at radius 2 is 1.96 bits per heavy atom. The molecule has 2 amide bonds. The molecule has 1 heterocycles. The predicted octanol–water partition coefficient (Wildman–Crippen LogP) is 3.97. The quantitative estimate of drug-likeness (QED) is 0.636. The lowest BCUT2D eigenvalue weighted by molar-refractivity contribution is 0.0996. The van der Waals surface area contributed by atoms with Gasteiger partial charge in [0.1, 0.15) is 5.82 Å². The van der Waals surface area contributed by atoms with Gasteiger partial charge in [0.05, 0.1) is 16.9 Å². The molecule has 5 nitrogen and oxygen atoms in total. The highest BCUT2D eigenvalue weighted by Crippen LogP contribution is 2.32. The number of nitrogens with one attached hydrogen (secondary N) is 2. The highest BCUT2D eigenvalue weighted by molar-refractivity contribution is 7.17. The molecule has 4 rings (SSSR count). The van der Waals surface area contributed by atoms with Gasteiger partial charge in [0.15, 0.2) is 0 Å². The third-order valence-corrected chi connectivity index (χ3v) is 5.23. The standard InChI is InChI=1S/C19H16FN3O2S/c20-13-2-1-3-16-17(13)12(9-26-16)19(25)23-15-8-10(18(21)24)4-7-14(15)22-11-5-6-11/h1-4,7-9,11,22H,5-6H2,(H2,21,24)(H,23,25). The minimum atomic E-state index is -0.578. The van der Waals surface area contributed by atoms with Crippen molar-refractivity contribution in [3.8, 4) is 0 Å². The zero-order chi connectivity index (χ0) is 18.3. The molecule has 1 aromatic heterocycles. The third-order valence-electron chi connectivity index (χ3n) is 4.28. The van der Waals surface area contributed by atoms with Gasteiger partial charge in [-0.15, -0.1) is 11.3 Å². The van der Waals surface area contributed by atoms with Crippen molar-refractivity contribution < 1.29 is 14.0 Å². The van der Waals surface area contributed by atoms with Crippen LogP contribution in [-0.2, 0) is 0 Å². The molecule has 1 saturated carbocycles. The van der Waals surface area contributed by atoms with Gasteiger partial charge in [0.2, 0.25) is 5.91 Å². The van der Waals surface area contributed by atoms with Crippen molar-refractivity contribution in [2.24, 2.45) is 5.73 Å². The van der Waals surface area contributed by atoms with Crippen LogP contribution in [0, 0.1) is 5.82 Å². The first kappa shape index (κ1) is 16.5. The summed E-state index contributed by atoms with van der Waals surface area (Å²) in [5, 5.41) is 8.04. The van der Waals surface area contributed by atoms with Gasteiger partial charge in [-0.3, -0.25) is 9.59 Å². The van der Waals surface area contributed by atoms with Gasteiger partial charge in [-0.1, -0.05) is 6.07 Å². The van der Waals surface area contributed by atoms with Crippen LogP contribution < -0.4 is 16.4 Å². The smallest absolute Gasteiger partial charge is 0.257 e. The Balaban J connectivity index is 1.69. The van der Waals surface area contributed by atoms with Gasteiger partial charge in [0, 0.05) is 27.1 Å². The van der Waals surface area contributed by atoms with Gasteiger partial charge in [-0.25, -0.2) is 4.39 Å². The first-order valence-corrected chi connectivity index (χ1v) is 9.08. The van der Waals surface area contributed by atoms with E-state index in [1.54, 1.807) is 29.6 Å². The summed E-state index contributed by atoms with van der Waals surface area (Å²) in [7, 11) is 0. The average Bonchev–Trinajstić information content (AvgIpc) is 3.31. The van der Waals surface area contributed by atoms with Gasteiger partial charge >= 0.3 is 0 Å². The SMILES string of the molecule is NC(=O)c1ccc(NC2CC2)c(NC(=O)c2csc3cccc(F)c23)c1. The molecule has 0 radical (unpaired) electrons. The summed E-state index contributed by atoms with van der Waals surface area (Å²) in [4.78, 5) is 24.2. The van der Waals surface area contributed by atoms with Crippen molar-refractivity contribution in [1.29, 1.82) is 0 Å². The van der Waals surface area contributed by atoms with E-state index in [-0.39, 0.29) is 5.56 Å². The molecule has 4 N–H and O–H groups in total. The topological polar surface area (TPSA) is 84.2 Å². The summed E-state index contributed by atoms with van der Waals surface area (Å²) in [5.41, 5.74) is 7.08. The molecule has 0 unspecified atom stereocenters. The number of carbonyl (C=O) groups is 2. The van der Waals surface area contributed by atoms with Crippen molar-refractivity contribution in [3.05, 3.63) is 58.7 Å². The number of carbonyl (C=O) groups excluding carboxylic acids is 2. The highest BCUT2D eigenvalue weighted by atomic mass is 32.1. The van der Waals surface area contributed by atoms with Crippen LogP contribution in [0.2, 0.25) is 0 Å². The summed E-state index contributed by atoms with van der Waals surface area (Å²) in [6.07, 6.45) is 2.12. The third kappa shape index (κ3) is 3.13. The van der Waals surface area contributed by atoms with Crippen LogP contribution in [-0.4, -0.2) is 17.9 Å². The lowest BCUT2D eigenvalue weighted by Gasteiger charge is -2.14. The number of hydrogen-bond acceptors (Lipinski definition) is 4. The molecular weight excluding hydrogens is 353 g/mol. The van der Waals surface area contributed by atoms with Gasteiger partial charge < -0.3 is 16.4 Å². The van der Waals surface area contributed by atoms with E-state index >= 15 is 0 Å². The minimum Gasteiger partial charge on any atom is -0.381 e. The molecule has 132 valence electrons. The molecule has 2 aromatic carbocycles. The molecule has 0 bridgehead atoms. The van der Waals surface area contributed by atoms with E-state index in [9.17, 15) is 14.0 Å². The van der Waals surface area contributed by atoms with E-state index in [0.29, 0.717) is 33.1 Å². The summed E-state index contributed by atoms with van der Waals surface area (Å²) < 4.78 is 14.9. The Morgan fingerprint density at radius 1 is 1.15 bits per heavy atom. The lowest BCUT2D eigenvalue weighted by atomic mass is 10.1. The molecule has 0 saturated heterocycles. The summed E-state index contributed by atoms with van der Waals surface area (Å²) >= 11 is 1.31. The predicted molar refractivity (Wildman–Crippen MR) is 101 cm³/mol. The summed E-state index contributed by atoms with van der Waals surface area (Å²) in [6, 6.07) is 9.96. The summed E-state index contributed by atoms with van der Waals surface area (Å²) in [5.74, 6) is -1.44. The maximum absolute atomic E-state index is 14.2. The number of rotatable bonds is 5. The number of nitrogens with two attached hydrogens (primary N) is 1. The Bertz CT molecular complexity index is 1030. The van der Waals surface area contributed by atoms with Crippen molar-refractivity contribution >= 4 is 44.6 Å². The van der Waals surface area contributed by atoms with Crippen LogP contribution in [0.25, 0.3) is 10.1 Å². The first-order chi connectivity index (χ1) is 12.5. The van der Waals surface area contributed by atoms with Crippen LogP contribution in [0.1, 0.15) is 33.6 Å². The van der Waals surface area contributed by atoms with Gasteiger partial charge in [-0.2, -0.15) is 0 Å². The Morgan fingerprint density at radius 3 is 2.69 bits per heavy atom. The Kier molecular flexibility index (Phi) is 4.08. The second-order valence-electron chi connectivity index (χ2n) is 6.26. The molecule has 1 fully saturated rings. The minimum absolute atomic E-state index is 0.268. The van der Waals surface area contributed by atoms with Crippen LogP contribution in [0.3, 0.4) is 0 Å². The zero-order valence-electron chi connectivity index (χ0n) is 13.7. The summed E-state index contributed by atoms with van der Waals surface area (Å²) in [6.45, 7) is 0. The number of halogens is 1. The highest BCUT2D eigenvalue weighted by Gasteiger charge is 2.23. The normalized spacial score (nSPS) is 13.6. The maximum Gasteiger partial charge on any atom is 0.257 e. The van der Waals surface area contributed by atoms with Crippen LogP contribution >= 0.6 is 11.3 Å². The number of fused-ring (bicyclic) bond motifs is 1. The molecule has 0 atom stereocenters. The Hall–Kier alpha value is -2.93. The van der Waals surface area contributed by atoms with Crippen molar-refractivity contribution in [2.75, 3.05) is 10.6 Å². The molecule has 7 heteroatoms. The molecule has 0 aliphatic heterocycles. The van der Waals surface area contributed by atoms with Gasteiger partial charge in [-0.05, 0) is 43.2 Å². The van der Waals surface area contributed by atoms with E-state index in [0.717, 1.165) is 12.8 Å². The molecule has 1 aliphatic carbocycles. The fourth-order valence-electron chi connectivity index (χ4n) is 2.78. The lowest BCUT2D eigenvalue weighted by Crippen LogP contribution is -2.16. The monoisotopic (exact) mass is 369 g/mol. The van der Waals surface area contributed by atoms with E-state index < -0.39 is 17.6 Å². The zero-order valence-corrected chi connectivity index (χ0v) is 14.5. The van der Waals surface area contributed by atoms with Crippen molar-refractivity contribution in [1.82, 2.24) is 0 Å². The first-order valence-electron chi connectivity index (χ1n) is 8.20. The molecule has 0 spiro atoms. The van der Waals surface area contributed by atoms with E-state index in [2.05, 4.69) is 10.6 Å². The van der Waals surface area contributed by atoms with Crippen LogP contribution in [0.5, 0.6) is 0 Å². The molecule has 3 aromatic rings. The van der Waals surface area contributed by atoms with Crippen LogP contribution in [0.15, 0.2) is 41.8 Å². The van der Waals surface area contributed by atoms with E-state index in [1.165, 1.54) is 23.5 Å². The fourth-order valence-corrected chi connectivity index (χ4v) is 3.73. The average molecular weight is 369 g/mol. The van der Waals surface area contributed by atoms with E-state index in [1.807, 2.05) is 0 Å². The largest absolute Gasteiger partial charge is 0.381 e. The number of primary amides is 1. The van der Waals surface area contributed by atoms with Crippen molar-refractivity contribution in [3.63, 3.8) is 0 Å². The van der Waals surface area contributed by atoms with Crippen LogP contribution in [0.4, 0.5) is 15.8 Å². The van der Waals surface area contributed by atoms with Gasteiger partial charge in [0.25, 0.3) is 5.91 Å². The maximum atomic E-state index is 14.2. The van der Waals surface area contributed by atoms with Crippen molar-refractivity contribution in [2.45, 2.75) is 18.9 Å². The molecular formula is C19H16FN3O2S. The Labute approximate surface area is 153 Å². The number of amides is 2. The molecule has 26 heavy (non-hydrogen) atoms. The number of hydrogen-bond donors (Lipinski definition) is 3. The number of anilines is 2. The van der Waals surface area contributed by atoms with E-state index in [4.69, 9.17) is 5.73 Å².